The minimum Gasteiger partial charge on any atom is -0.316 e. The maximum Gasteiger partial charge on any atom is 0.258 e. The molecule has 0 aliphatic rings. The van der Waals surface area contributed by atoms with Crippen molar-refractivity contribution in [3.05, 3.63) is 23.9 Å². The minimum absolute atomic E-state index is 0.0666. The summed E-state index contributed by atoms with van der Waals surface area (Å²) in [5.41, 5.74) is 0.953. The molecule has 0 bridgehead atoms. The molecular formula is C13H24N4O2S. The topological polar surface area (TPSA) is 74.3 Å². The first-order chi connectivity index (χ1) is 9.53. The molecule has 1 aromatic heterocycles. The highest BCUT2D eigenvalue weighted by Crippen LogP contribution is 2.06. The molecule has 0 saturated carbocycles. The van der Waals surface area contributed by atoms with Gasteiger partial charge in [-0.3, -0.25) is 0 Å². The number of aromatic nitrogens is 1. The van der Waals surface area contributed by atoms with E-state index < -0.39 is 10.0 Å². The van der Waals surface area contributed by atoms with Crippen LogP contribution in [0.2, 0.25) is 0 Å². The number of sulfonamides is 1. The van der Waals surface area contributed by atoms with Crippen LogP contribution in [0.5, 0.6) is 0 Å². The monoisotopic (exact) mass is 300 g/mol. The summed E-state index contributed by atoms with van der Waals surface area (Å²) in [5, 5.41) is 3.06. The maximum atomic E-state index is 12.1. The van der Waals surface area contributed by atoms with Crippen LogP contribution in [0.25, 0.3) is 0 Å². The van der Waals surface area contributed by atoms with Gasteiger partial charge in [-0.25, -0.2) is 18.1 Å². The molecule has 20 heavy (non-hydrogen) atoms. The average molecular weight is 300 g/mol. The Bertz CT molecular complexity index is 484. The van der Waals surface area contributed by atoms with Gasteiger partial charge in [0.1, 0.15) is 0 Å². The Morgan fingerprint density at radius 2 is 1.95 bits per heavy atom. The van der Waals surface area contributed by atoms with Gasteiger partial charge in [0.15, 0.2) is 5.03 Å². The van der Waals surface area contributed by atoms with Gasteiger partial charge in [-0.15, -0.1) is 0 Å². The van der Waals surface area contributed by atoms with Crippen molar-refractivity contribution in [1.29, 1.82) is 0 Å². The lowest BCUT2D eigenvalue weighted by Gasteiger charge is -2.17. The summed E-state index contributed by atoms with van der Waals surface area (Å²) in [6, 6.07) is 3.30. The third-order valence-corrected chi connectivity index (χ3v) is 4.44. The standard InChI is InChI=1S/C13H24N4O2S/c1-4-17(5-2)9-8-16-20(18,19)13-7-6-12(10-14-3)11-15-13/h6-7,11,14,16H,4-5,8-10H2,1-3H3. The summed E-state index contributed by atoms with van der Waals surface area (Å²) in [5.74, 6) is 0. The second-order valence-corrected chi connectivity index (χ2v) is 6.17. The Morgan fingerprint density at radius 3 is 2.45 bits per heavy atom. The van der Waals surface area contributed by atoms with Gasteiger partial charge in [0.2, 0.25) is 0 Å². The summed E-state index contributed by atoms with van der Waals surface area (Å²) >= 11 is 0. The molecule has 0 fully saturated rings. The zero-order valence-corrected chi connectivity index (χ0v) is 13.2. The van der Waals surface area contributed by atoms with E-state index in [4.69, 9.17) is 0 Å². The Kier molecular flexibility index (Phi) is 7.08. The Labute approximate surface area is 121 Å². The second-order valence-electron chi connectivity index (χ2n) is 4.46. The molecule has 0 saturated heterocycles. The third-order valence-electron chi connectivity index (χ3n) is 3.07. The SMILES string of the molecule is CCN(CC)CCNS(=O)(=O)c1ccc(CNC)cn1. The van der Waals surface area contributed by atoms with Gasteiger partial charge >= 0.3 is 0 Å². The van der Waals surface area contributed by atoms with Gasteiger partial charge in [0.25, 0.3) is 10.0 Å². The van der Waals surface area contributed by atoms with Crippen molar-refractivity contribution in [1.82, 2.24) is 19.9 Å². The normalized spacial score (nSPS) is 12.0. The Balaban J connectivity index is 2.59. The van der Waals surface area contributed by atoms with E-state index in [2.05, 4.69) is 33.8 Å². The van der Waals surface area contributed by atoms with Crippen LogP contribution in [0, 0.1) is 0 Å². The van der Waals surface area contributed by atoms with Crippen molar-refractivity contribution < 1.29 is 8.42 Å². The molecule has 0 amide bonds. The zero-order valence-electron chi connectivity index (χ0n) is 12.4. The average Bonchev–Trinajstić information content (AvgIpc) is 2.44. The molecule has 1 aromatic rings. The zero-order chi connectivity index (χ0) is 15.0. The van der Waals surface area contributed by atoms with Crippen LogP contribution in [0.1, 0.15) is 19.4 Å². The van der Waals surface area contributed by atoms with E-state index in [-0.39, 0.29) is 5.03 Å². The fraction of sp³-hybridized carbons (Fsp3) is 0.615. The number of likely N-dealkylation sites (N-methyl/N-ethyl adjacent to an activating group) is 1. The number of rotatable bonds is 9. The molecule has 1 heterocycles. The van der Waals surface area contributed by atoms with E-state index in [9.17, 15) is 8.42 Å². The van der Waals surface area contributed by atoms with Crippen molar-refractivity contribution in [2.24, 2.45) is 0 Å². The van der Waals surface area contributed by atoms with Crippen LogP contribution < -0.4 is 10.0 Å². The van der Waals surface area contributed by atoms with E-state index in [0.29, 0.717) is 19.6 Å². The molecule has 0 aliphatic heterocycles. The molecule has 0 spiro atoms. The quantitative estimate of drug-likeness (QED) is 0.691. The fourth-order valence-corrected chi connectivity index (χ4v) is 2.78. The summed E-state index contributed by atoms with van der Waals surface area (Å²) in [6.45, 7) is 7.70. The van der Waals surface area contributed by atoms with Crippen LogP contribution in [-0.4, -0.2) is 51.5 Å². The molecule has 6 nitrogen and oxygen atoms in total. The number of nitrogens with zero attached hydrogens (tertiary/aromatic N) is 2. The van der Waals surface area contributed by atoms with Crippen molar-refractivity contribution in [2.45, 2.75) is 25.4 Å². The van der Waals surface area contributed by atoms with Crippen LogP contribution in [0.3, 0.4) is 0 Å². The van der Waals surface area contributed by atoms with Gasteiger partial charge in [-0.2, -0.15) is 0 Å². The second kappa shape index (κ2) is 8.31. The molecule has 0 radical (unpaired) electrons. The summed E-state index contributed by atoms with van der Waals surface area (Å²) < 4.78 is 26.7. The van der Waals surface area contributed by atoms with Crippen molar-refractivity contribution in [3.63, 3.8) is 0 Å². The molecule has 7 heteroatoms. The first-order valence-electron chi connectivity index (χ1n) is 6.85. The number of pyridine rings is 1. The fourth-order valence-electron chi connectivity index (χ4n) is 1.83. The lowest BCUT2D eigenvalue weighted by Crippen LogP contribution is -2.35. The maximum absolute atomic E-state index is 12.1. The minimum atomic E-state index is -3.51. The summed E-state index contributed by atoms with van der Waals surface area (Å²) in [4.78, 5) is 6.16. The molecule has 0 unspecified atom stereocenters. The third kappa shape index (κ3) is 5.16. The van der Waals surface area contributed by atoms with Gasteiger partial charge in [-0.05, 0) is 31.8 Å². The van der Waals surface area contributed by atoms with E-state index >= 15 is 0 Å². The summed E-state index contributed by atoms with van der Waals surface area (Å²) in [7, 11) is -1.68. The van der Waals surface area contributed by atoms with E-state index in [1.807, 2.05) is 7.05 Å². The molecule has 0 atom stereocenters. The number of nitrogens with one attached hydrogen (secondary N) is 2. The number of hydrogen-bond acceptors (Lipinski definition) is 5. The lowest BCUT2D eigenvalue weighted by atomic mass is 10.3. The van der Waals surface area contributed by atoms with Crippen LogP contribution in [0.4, 0.5) is 0 Å². The Hall–Kier alpha value is -1.02. The largest absolute Gasteiger partial charge is 0.316 e. The smallest absolute Gasteiger partial charge is 0.258 e. The molecule has 0 aromatic carbocycles. The van der Waals surface area contributed by atoms with Crippen molar-refractivity contribution in [2.75, 3.05) is 33.2 Å². The van der Waals surface area contributed by atoms with Crippen LogP contribution in [-0.2, 0) is 16.6 Å². The molecule has 0 aliphatic carbocycles. The predicted octanol–water partition coefficient (Wildman–Crippen LogP) is 0.421. The Morgan fingerprint density at radius 1 is 1.25 bits per heavy atom. The highest BCUT2D eigenvalue weighted by Gasteiger charge is 2.15. The van der Waals surface area contributed by atoms with Gasteiger partial charge in [-0.1, -0.05) is 19.9 Å². The van der Waals surface area contributed by atoms with Gasteiger partial charge < -0.3 is 10.2 Å². The molecule has 2 N–H and O–H groups in total. The van der Waals surface area contributed by atoms with Crippen LogP contribution >= 0.6 is 0 Å². The lowest BCUT2D eigenvalue weighted by molar-refractivity contribution is 0.309. The van der Waals surface area contributed by atoms with E-state index in [0.717, 1.165) is 18.7 Å². The molecule has 114 valence electrons. The van der Waals surface area contributed by atoms with E-state index in [1.54, 1.807) is 12.3 Å². The summed E-state index contributed by atoms with van der Waals surface area (Å²) in [6.07, 6.45) is 1.58. The van der Waals surface area contributed by atoms with Crippen molar-refractivity contribution in [3.8, 4) is 0 Å². The highest BCUT2D eigenvalue weighted by atomic mass is 32.2. The van der Waals surface area contributed by atoms with Gasteiger partial charge in [0.05, 0.1) is 0 Å². The first kappa shape index (κ1) is 17.0. The number of hydrogen-bond donors (Lipinski definition) is 2. The molecular weight excluding hydrogens is 276 g/mol. The van der Waals surface area contributed by atoms with Crippen LogP contribution in [0.15, 0.2) is 23.4 Å². The van der Waals surface area contributed by atoms with Crippen molar-refractivity contribution >= 4 is 10.0 Å². The highest BCUT2D eigenvalue weighted by molar-refractivity contribution is 7.89. The molecule has 1 rings (SSSR count). The predicted molar refractivity (Wildman–Crippen MR) is 80.0 cm³/mol. The first-order valence-corrected chi connectivity index (χ1v) is 8.33. The van der Waals surface area contributed by atoms with E-state index in [1.165, 1.54) is 6.07 Å². The van der Waals surface area contributed by atoms with Gasteiger partial charge in [0, 0.05) is 25.8 Å².